The van der Waals surface area contributed by atoms with Crippen molar-refractivity contribution >= 4 is 5.96 Å². The Morgan fingerprint density at radius 3 is 2.11 bits per heavy atom. The highest BCUT2D eigenvalue weighted by Gasteiger charge is 2.10. The van der Waals surface area contributed by atoms with Crippen molar-refractivity contribution in [2.24, 2.45) is 11.5 Å². The maximum atomic E-state index is 5.37. The fourth-order valence-corrected chi connectivity index (χ4v) is 1.01. The predicted molar refractivity (Wildman–Crippen MR) is 35.0 cm³/mol. The summed E-state index contributed by atoms with van der Waals surface area (Å²) in [5.74, 6) is 0.461. The molecule has 0 aromatic heterocycles. The molecule has 0 aromatic carbocycles. The maximum absolute atomic E-state index is 5.37. The van der Waals surface area contributed by atoms with Crippen molar-refractivity contribution in [3.8, 4) is 0 Å². The van der Waals surface area contributed by atoms with Gasteiger partial charge in [0.1, 0.15) is 26.2 Å². The summed E-state index contributed by atoms with van der Waals surface area (Å²) >= 11 is 0. The molecule has 0 amide bonds. The van der Waals surface area contributed by atoms with E-state index in [4.69, 9.17) is 11.5 Å². The van der Waals surface area contributed by atoms with Crippen LogP contribution in [-0.2, 0) is 0 Å². The van der Waals surface area contributed by atoms with Crippen molar-refractivity contribution < 1.29 is 9.89 Å². The Kier molecular flexibility index (Phi) is 1.89. The Bertz CT molecular complexity index is 117. The fraction of sp³-hybridized carbons (Fsp3) is 0.800. The summed E-state index contributed by atoms with van der Waals surface area (Å²) in [6, 6.07) is 0. The van der Waals surface area contributed by atoms with Crippen LogP contribution in [0.2, 0.25) is 0 Å². The first-order chi connectivity index (χ1) is 4.30. The number of nitrogens with zero attached hydrogens (tertiary/aromatic N) is 1. The minimum atomic E-state index is 0.461. The molecule has 6 N–H and O–H groups in total. The Morgan fingerprint density at radius 2 is 1.78 bits per heavy atom. The molecule has 0 bridgehead atoms. The van der Waals surface area contributed by atoms with Crippen LogP contribution in [0.1, 0.15) is 0 Å². The summed E-state index contributed by atoms with van der Waals surface area (Å²) in [5, 5.41) is 2.26. The lowest BCUT2D eigenvalue weighted by Gasteiger charge is -2.12. The molecule has 0 radical (unpaired) electrons. The molecule has 4 nitrogen and oxygen atoms in total. The van der Waals surface area contributed by atoms with Gasteiger partial charge in [0, 0.05) is 0 Å². The Labute approximate surface area is 54.5 Å². The molecule has 0 unspecified atom stereocenters. The number of nitrogens with two attached hydrogens (primary N) is 3. The van der Waals surface area contributed by atoms with Gasteiger partial charge >= 0.3 is 5.96 Å². The van der Waals surface area contributed by atoms with E-state index in [2.05, 4.69) is 5.32 Å². The molecule has 1 fully saturated rings. The van der Waals surface area contributed by atoms with Crippen LogP contribution in [0.15, 0.2) is 0 Å². The van der Waals surface area contributed by atoms with Gasteiger partial charge in [0.2, 0.25) is 0 Å². The lowest BCUT2D eigenvalue weighted by molar-refractivity contribution is -0.739. The number of rotatable bonds is 0. The smallest absolute Gasteiger partial charge is 0.341 e. The van der Waals surface area contributed by atoms with Gasteiger partial charge in [-0.25, -0.2) is 0 Å². The van der Waals surface area contributed by atoms with Crippen molar-refractivity contribution in [1.82, 2.24) is 0 Å². The zero-order valence-electron chi connectivity index (χ0n) is 5.51. The van der Waals surface area contributed by atoms with E-state index in [9.17, 15) is 0 Å². The molecule has 1 heterocycles. The van der Waals surface area contributed by atoms with Gasteiger partial charge in [-0.3, -0.25) is 16.0 Å². The summed E-state index contributed by atoms with van der Waals surface area (Å²) in [6.45, 7) is 4.19. The van der Waals surface area contributed by atoms with Gasteiger partial charge < -0.3 is 5.32 Å². The number of guanidine groups is 1. The van der Waals surface area contributed by atoms with E-state index in [-0.39, 0.29) is 0 Å². The highest BCUT2D eigenvalue weighted by atomic mass is 15.2. The first-order valence-corrected chi connectivity index (χ1v) is 3.25. The molecule has 9 heavy (non-hydrogen) atoms. The van der Waals surface area contributed by atoms with Gasteiger partial charge in [0.05, 0.1) is 0 Å². The Balaban J connectivity index is 2.49. The van der Waals surface area contributed by atoms with Gasteiger partial charge in [-0.05, 0) is 0 Å². The largest absolute Gasteiger partial charge is 0.341 e. The summed E-state index contributed by atoms with van der Waals surface area (Å²) in [5.41, 5.74) is 10.7. The molecular formula is C5H14N4+2. The van der Waals surface area contributed by atoms with Gasteiger partial charge in [-0.1, -0.05) is 0 Å². The summed E-state index contributed by atoms with van der Waals surface area (Å²) in [4.78, 5) is 0. The Hall–Kier alpha value is -0.770. The topological polar surface area (TPSA) is 71.7 Å². The van der Waals surface area contributed by atoms with Crippen molar-refractivity contribution in [2.45, 2.75) is 0 Å². The van der Waals surface area contributed by atoms with Crippen LogP contribution in [0, 0.1) is 0 Å². The molecule has 52 valence electrons. The standard InChI is InChI=1S/C5H12N4/c6-5(7)9-3-1-8-2-4-9/h8H,1-4H2,(H3,6,7)/p+2. The first-order valence-electron chi connectivity index (χ1n) is 3.25. The lowest BCUT2D eigenvalue weighted by Crippen LogP contribution is -2.89. The highest BCUT2D eigenvalue weighted by Crippen LogP contribution is 1.73. The number of quaternary nitrogens is 1. The van der Waals surface area contributed by atoms with Crippen molar-refractivity contribution in [2.75, 3.05) is 26.2 Å². The summed E-state index contributed by atoms with van der Waals surface area (Å²) in [6.07, 6.45) is 0. The predicted octanol–water partition coefficient (Wildman–Crippen LogP) is -3.15. The molecule has 4 heteroatoms. The van der Waals surface area contributed by atoms with E-state index >= 15 is 0 Å². The van der Waals surface area contributed by atoms with Crippen molar-refractivity contribution in [1.29, 1.82) is 0 Å². The van der Waals surface area contributed by atoms with E-state index in [0.717, 1.165) is 26.2 Å². The quantitative estimate of drug-likeness (QED) is 0.239. The van der Waals surface area contributed by atoms with Crippen LogP contribution in [0.5, 0.6) is 0 Å². The molecule has 1 aliphatic rings. The zero-order valence-corrected chi connectivity index (χ0v) is 5.51. The van der Waals surface area contributed by atoms with E-state index in [1.165, 1.54) is 0 Å². The summed E-state index contributed by atoms with van der Waals surface area (Å²) in [7, 11) is 0. The molecular weight excluding hydrogens is 116 g/mol. The second-order valence-electron chi connectivity index (χ2n) is 2.28. The molecule has 0 saturated carbocycles. The molecule has 0 aromatic rings. The van der Waals surface area contributed by atoms with Gasteiger partial charge in [-0.2, -0.15) is 0 Å². The second-order valence-corrected chi connectivity index (χ2v) is 2.28. The van der Waals surface area contributed by atoms with Gasteiger partial charge in [0.15, 0.2) is 0 Å². The van der Waals surface area contributed by atoms with Crippen LogP contribution in [0.4, 0.5) is 0 Å². The van der Waals surface area contributed by atoms with Crippen LogP contribution in [-0.4, -0.2) is 36.7 Å². The molecule has 0 aliphatic carbocycles. The van der Waals surface area contributed by atoms with E-state index < -0.39 is 0 Å². The third-order valence-electron chi connectivity index (χ3n) is 1.57. The number of piperazine rings is 1. The molecule has 1 rings (SSSR count). The first kappa shape index (κ1) is 6.35. The minimum absolute atomic E-state index is 0.461. The fourth-order valence-electron chi connectivity index (χ4n) is 1.01. The van der Waals surface area contributed by atoms with Crippen LogP contribution >= 0.6 is 0 Å². The van der Waals surface area contributed by atoms with Crippen LogP contribution < -0.4 is 16.8 Å². The average molecular weight is 130 g/mol. The van der Waals surface area contributed by atoms with Crippen LogP contribution in [0.3, 0.4) is 0 Å². The third kappa shape index (κ3) is 1.57. The monoisotopic (exact) mass is 130 g/mol. The van der Waals surface area contributed by atoms with Crippen molar-refractivity contribution in [3.63, 3.8) is 0 Å². The van der Waals surface area contributed by atoms with E-state index in [1.807, 2.05) is 4.58 Å². The SMILES string of the molecule is NC(N)=[N+]1CC[NH2+]CC1. The number of hydrogen-bond donors (Lipinski definition) is 3. The van der Waals surface area contributed by atoms with Crippen molar-refractivity contribution in [3.05, 3.63) is 0 Å². The highest BCUT2D eigenvalue weighted by molar-refractivity contribution is 5.70. The average Bonchev–Trinajstić information content (AvgIpc) is 1.90. The maximum Gasteiger partial charge on any atom is 0.341 e. The van der Waals surface area contributed by atoms with Gasteiger partial charge in [0.25, 0.3) is 0 Å². The van der Waals surface area contributed by atoms with E-state index in [0.29, 0.717) is 5.96 Å². The summed E-state index contributed by atoms with van der Waals surface area (Å²) < 4.78 is 2.00. The molecule has 1 saturated heterocycles. The third-order valence-corrected chi connectivity index (χ3v) is 1.57. The molecule has 1 aliphatic heterocycles. The van der Waals surface area contributed by atoms with E-state index in [1.54, 1.807) is 0 Å². The molecule has 0 atom stereocenters. The Morgan fingerprint density at radius 1 is 1.22 bits per heavy atom. The van der Waals surface area contributed by atoms with Crippen LogP contribution in [0.25, 0.3) is 0 Å². The van der Waals surface area contributed by atoms with Gasteiger partial charge in [-0.15, -0.1) is 0 Å². The lowest BCUT2D eigenvalue weighted by atomic mass is 10.4. The molecule has 0 spiro atoms. The number of hydrogen-bond acceptors (Lipinski definition) is 0. The second kappa shape index (κ2) is 2.68. The normalized spacial score (nSPS) is 19.8. The minimum Gasteiger partial charge on any atom is -0.341 e. The zero-order chi connectivity index (χ0) is 6.69.